The van der Waals surface area contributed by atoms with Crippen molar-refractivity contribution >= 4 is 5.91 Å². The number of benzene rings is 1. The van der Waals surface area contributed by atoms with E-state index in [0.717, 1.165) is 31.9 Å². The fourth-order valence-electron chi connectivity index (χ4n) is 3.67. The van der Waals surface area contributed by atoms with Crippen LogP contribution in [-0.4, -0.2) is 49.3 Å². The molecule has 0 saturated carbocycles. The summed E-state index contributed by atoms with van der Waals surface area (Å²) in [4.78, 5) is 14.7. The molecule has 0 saturated heterocycles. The highest BCUT2D eigenvalue weighted by Crippen LogP contribution is 2.22. The van der Waals surface area contributed by atoms with Gasteiger partial charge in [0.05, 0.1) is 13.7 Å². The summed E-state index contributed by atoms with van der Waals surface area (Å²) < 4.78 is 12.6. The zero-order valence-corrected chi connectivity index (χ0v) is 16.2. The second-order valence-corrected chi connectivity index (χ2v) is 7.09. The number of carbonyl (C=O) groups excluding carboxylic acids is 1. The van der Waals surface area contributed by atoms with Crippen LogP contribution in [0.25, 0.3) is 0 Å². The van der Waals surface area contributed by atoms with Gasteiger partial charge in [0.2, 0.25) is 5.91 Å². The van der Waals surface area contributed by atoms with Gasteiger partial charge in [-0.15, -0.1) is 0 Å². The molecule has 0 spiro atoms. The molecule has 1 atom stereocenters. The fraction of sp³-hybridized carbons (Fsp3) is 0.476. The number of rotatable bonds is 8. The van der Waals surface area contributed by atoms with Crippen LogP contribution in [0.3, 0.4) is 0 Å². The molecule has 1 unspecified atom stereocenters. The molecule has 1 aromatic heterocycles. The second-order valence-electron chi connectivity index (χ2n) is 7.09. The Balaban J connectivity index is 1.67. The summed E-state index contributed by atoms with van der Waals surface area (Å²) in [6, 6.07) is 12.4. The van der Waals surface area contributed by atoms with Crippen LogP contribution in [0.15, 0.2) is 42.6 Å². The fourth-order valence-corrected chi connectivity index (χ4v) is 3.67. The Morgan fingerprint density at radius 2 is 2.11 bits per heavy atom. The highest BCUT2D eigenvalue weighted by molar-refractivity contribution is 5.76. The van der Waals surface area contributed by atoms with Gasteiger partial charge in [-0.25, -0.2) is 0 Å². The third-order valence-electron chi connectivity index (χ3n) is 4.92. The maximum absolute atomic E-state index is 12.3. The van der Waals surface area contributed by atoms with Crippen molar-refractivity contribution in [3.05, 3.63) is 53.9 Å². The van der Waals surface area contributed by atoms with E-state index in [1.807, 2.05) is 12.1 Å². The highest BCUT2D eigenvalue weighted by atomic mass is 16.5. The van der Waals surface area contributed by atoms with Gasteiger partial charge in [0.1, 0.15) is 5.75 Å². The van der Waals surface area contributed by atoms with Crippen LogP contribution >= 0.6 is 0 Å². The molecule has 3 rings (SSSR count). The molecule has 1 aliphatic heterocycles. The number of amides is 1. The first kappa shape index (κ1) is 19.5. The van der Waals surface area contributed by atoms with E-state index in [4.69, 9.17) is 9.47 Å². The smallest absolute Gasteiger partial charge is 0.220 e. The molecular formula is C21H29N3O3. The summed E-state index contributed by atoms with van der Waals surface area (Å²) >= 11 is 0. The second kappa shape index (κ2) is 9.58. The van der Waals surface area contributed by atoms with Crippen LogP contribution in [0.4, 0.5) is 0 Å². The predicted molar refractivity (Wildman–Crippen MR) is 105 cm³/mol. The van der Waals surface area contributed by atoms with Gasteiger partial charge in [0, 0.05) is 58.1 Å². The molecule has 1 N–H and O–H groups in total. The Kier molecular flexibility index (Phi) is 6.90. The van der Waals surface area contributed by atoms with E-state index in [-0.39, 0.29) is 11.8 Å². The first-order chi connectivity index (χ1) is 13.2. The van der Waals surface area contributed by atoms with Crippen molar-refractivity contribution in [1.29, 1.82) is 0 Å². The van der Waals surface area contributed by atoms with Gasteiger partial charge < -0.3 is 19.4 Å². The zero-order chi connectivity index (χ0) is 19.1. The molecule has 2 heterocycles. The summed E-state index contributed by atoms with van der Waals surface area (Å²) in [5, 5.41) is 2.94. The molecule has 0 bridgehead atoms. The molecule has 0 fully saturated rings. The van der Waals surface area contributed by atoms with E-state index in [2.05, 4.69) is 45.2 Å². The van der Waals surface area contributed by atoms with Gasteiger partial charge in [0.25, 0.3) is 0 Å². The van der Waals surface area contributed by atoms with Crippen molar-refractivity contribution in [3.8, 4) is 5.75 Å². The lowest BCUT2D eigenvalue weighted by molar-refractivity contribution is -0.122. The maximum Gasteiger partial charge on any atom is 0.220 e. The van der Waals surface area contributed by atoms with Crippen LogP contribution in [0.5, 0.6) is 5.75 Å². The minimum atomic E-state index is 0.0917. The molecule has 27 heavy (non-hydrogen) atoms. The molecule has 2 aromatic rings. The first-order valence-electron chi connectivity index (χ1n) is 9.43. The highest BCUT2D eigenvalue weighted by Gasteiger charge is 2.23. The third-order valence-corrected chi connectivity index (χ3v) is 4.92. The van der Waals surface area contributed by atoms with E-state index in [9.17, 15) is 4.79 Å². The summed E-state index contributed by atoms with van der Waals surface area (Å²) in [5.41, 5.74) is 2.51. The molecular weight excluding hydrogens is 342 g/mol. The number of ether oxygens (including phenoxy) is 2. The molecule has 6 nitrogen and oxygen atoms in total. The van der Waals surface area contributed by atoms with Gasteiger partial charge in [-0.1, -0.05) is 12.1 Å². The first-order valence-corrected chi connectivity index (χ1v) is 9.43. The number of nitrogens with zero attached hydrogens (tertiary/aromatic N) is 2. The number of aromatic nitrogens is 1. The Bertz CT molecular complexity index is 744. The predicted octanol–water partition coefficient (Wildman–Crippen LogP) is 2.28. The number of fused-ring (bicyclic) bond motifs is 1. The Morgan fingerprint density at radius 1 is 1.22 bits per heavy atom. The summed E-state index contributed by atoms with van der Waals surface area (Å²) in [7, 11) is 3.33. The third kappa shape index (κ3) is 5.58. The molecule has 0 aliphatic carbocycles. The normalized spacial score (nSPS) is 17.2. The van der Waals surface area contributed by atoms with Crippen LogP contribution in [0.2, 0.25) is 0 Å². The molecule has 1 aliphatic rings. The van der Waals surface area contributed by atoms with E-state index in [1.54, 1.807) is 14.2 Å². The van der Waals surface area contributed by atoms with E-state index in [1.165, 1.54) is 11.3 Å². The van der Waals surface area contributed by atoms with Gasteiger partial charge in [-0.2, -0.15) is 0 Å². The Morgan fingerprint density at radius 3 is 2.93 bits per heavy atom. The number of methoxy groups -OCH3 is 2. The maximum atomic E-state index is 12.3. The largest absolute Gasteiger partial charge is 0.497 e. The summed E-state index contributed by atoms with van der Waals surface area (Å²) in [5.74, 6) is 1.24. The lowest BCUT2D eigenvalue weighted by atomic mass is 10.0. The van der Waals surface area contributed by atoms with Gasteiger partial charge in [-0.05, 0) is 35.7 Å². The quantitative estimate of drug-likeness (QED) is 0.724. The van der Waals surface area contributed by atoms with Crippen molar-refractivity contribution in [2.24, 2.45) is 5.92 Å². The van der Waals surface area contributed by atoms with Gasteiger partial charge >= 0.3 is 0 Å². The SMILES string of the molecule is COCCNC(=O)CC1CN(Cc2cccc(OC)c2)Cc2cccn2C1. The van der Waals surface area contributed by atoms with E-state index in [0.29, 0.717) is 19.6 Å². The lowest BCUT2D eigenvalue weighted by Gasteiger charge is -2.24. The number of nitrogens with one attached hydrogen (secondary N) is 1. The minimum Gasteiger partial charge on any atom is -0.497 e. The standard InChI is InChI=1S/C21H29N3O3/c1-26-10-8-22-21(25)12-18-14-23(16-19-6-4-9-24(19)15-18)13-17-5-3-7-20(11-17)27-2/h3-7,9,11,18H,8,10,12-16H2,1-2H3,(H,22,25). The molecule has 146 valence electrons. The van der Waals surface area contributed by atoms with Gasteiger partial charge in [-0.3, -0.25) is 9.69 Å². The summed E-state index contributed by atoms with van der Waals surface area (Å²) in [6.07, 6.45) is 2.64. The van der Waals surface area contributed by atoms with Crippen molar-refractivity contribution in [2.75, 3.05) is 33.9 Å². The molecule has 6 heteroatoms. The van der Waals surface area contributed by atoms with Crippen molar-refractivity contribution in [1.82, 2.24) is 14.8 Å². The Labute approximate surface area is 161 Å². The van der Waals surface area contributed by atoms with E-state index < -0.39 is 0 Å². The number of hydrogen-bond donors (Lipinski definition) is 1. The van der Waals surface area contributed by atoms with Crippen LogP contribution in [0.1, 0.15) is 17.7 Å². The average molecular weight is 371 g/mol. The summed E-state index contributed by atoms with van der Waals surface area (Å²) in [6.45, 7) is 4.58. The zero-order valence-electron chi connectivity index (χ0n) is 16.2. The molecule has 1 amide bonds. The molecule has 1 aromatic carbocycles. The van der Waals surface area contributed by atoms with E-state index >= 15 is 0 Å². The number of hydrogen-bond acceptors (Lipinski definition) is 4. The van der Waals surface area contributed by atoms with Crippen LogP contribution < -0.4 is 10.1 Å². The van der Waals surface area contributed by atoms with Crippen LogP contribution in [0, 0.1) is 5.92 Å². The Hall–Kier alpha value is -2.31. The average Bonchev–Trinajstić information content (AvgIpc) is 3.02. The monoisotopic (exact) mass is 371 g/mol. The topological polar surface area (TPSA) is 55.7 Å². The lowest BCUT2D eigenvalue weighted by Crippen LogP contribution is -2.33. The van der Waals surface area contributed by atoms with Crippen molar-refractivity contribution in [2.45, 2.75) is 26.1 Å². The van der Waals surface area contributed by atoms with Gasteiger partial charge in [0.15, 0.2) is 0 Å². The van der Waals surface area contributed by atoms with Crippen LogP contribution in [-0.2, 0) is 29.2 Å². The van der Waals surface area contributed by atoms with Crippen molar-refractivity contribution < 1.29 is 14.3 Å². The van der Waals surface area contributed by atoms with Crippen molar-refractivity contribution in [3.63, 3.8) is 0 Å². The molecule has 0 radical (unpaired) electrons. The number of carbonyl (C=O) groups is 1. The minimum absolute atomic E-state index is 0.0917.